The first-order valence-corrected chi connectivity index (χ1v) is 23.3. The molecule has 0 unspecified atom stereocenters. The minimum Gasteiger partial charge on any atom is -0.490 e. The highest BCUT2D eigenvalue weighted by molar-refractivity contribution is 7.86. The maximum atomic E-state index is 13.3. The highest BCUT2D eigenvalue weighted by Gasteiger charge is 2.41. The Kier molecular flexibility index (Phi) is 21.4. The molecule has 396 valence electrons. The van der Waals surface area contributed by atoms with E-state index in [-0.39, 0.29) is 67.0 Å². The molecule has 16 nitrogen and oxygen atoms in total. The second-order valence-corrected chi connectivity index (χ2v) is 17.0. The van der Waals surface area contributed by atoms with Gasteiger partial charge in [-0.25, -0.2) is 0 Å². The van der Waals surface area contributed by atoms with Crippen LogP contribution in [0.5, 0.6) is 23.0 Å². The first-order chi connectivity index (χ1) is 33.5. The molecule has 0 spiro atoms. The zero-order valence-corrected chi connectivity index (χ0v) is 39.2. The van der Waals surface area contributed by atoms with E-state index >= 15 is 0 Å². The number of rotatable bonds is 22. The summed E-state index contributed by atoms with van der Waals surface area (Å²) in [5.74, 6) is 0.338. The number of nitrogens with zero attached hydrogens (tertiary/aromatic N) is 4. The second-order valence-electron chi connectivity index (χ2n) is 13.7. The fourth-order valence-corrected chi connectivity index (χ4v) is 6.19. The Bertz CT molecular complexity index is 2700. The lowest BCUT2D eigenvalue weighted by atomic mass is 10.1. The summed E-state index contributed by atoms with van der Waals surface area (Å²) in [6, 6.07) is 18.6. The van der Waals surface area contributed by atoms with Gasteiger partial charge in [0.2, 0.25) is 0 Å². The van der Waals surface area contributed by atoms with E-state index in [0.717, 1.165) is 62.8 Å². The zero-order valence-electron chi connectivity index (χ0n) is 37.5. The molecular weight excluding hydrogens is 1040 g/mol. The van der Waals surface area contributed by atoms with Crippen LogP contribution in [0.3, 0.4) is 0 Å². The molecule has 0 aromatic heterocycles. The van der Waals surface area contributed by atoms with Crippen LogP contribution >= 0.6 is 0 Å². The van der Waals surface area contributed by atoms with Crippen LogP contribution in [-0.4, -0.2) is 117 Å². The molecule has 0 radical (unpaired) electrons. The van der Waals surface area contributed by atoms with Crippen molar-refractivity contribution in [3.8, 4) is 23.0 Å². The third kappa shape index (κ3) is 20.4. The molecule has 4 aromatic carbocycles. The molecule has 4 rings (SSSR count). The molecule has 0 atom stereocenters. The van der Waals surface area contributed by atoms with E-state index in [1.165, 1.54) is 55.5 Å². The van der Waals surface area contributed by atoms with Gasteiger partial charge in [0.15, 0.2) is 22.8 Å². The van der Waals surface area contributed by atoms with Crippen LogP contribution in [0.2, 0.25) is 0 Å². The number of benzene rings is 4. The van der Waals surface area contributed by atoms with Gasteiger partial charge in [0.1, 0.15) is 63.6 Å². The molecule has 0 aliphatic carbocycles. The van der Waals surface area contributed by atoms with Crippen molar-refractivity contribution in [2.75, 3.05) is 52.7 Å². The van der Waals surface area contributed by atoms with Gasteiger partial charge < -0.3 is 28.6 Å². The van der Waals surface area contributed by atoms with Gasteiger partial charge in [-0.1, -0.05) is 27.5 Å². The van der Waals surface area contributed by atoms with Crippen molar-refractivity contribution in [1.82, 2.24) is 0 Å². The highest BCUT2D eigenvalue weighted by Crippen LogP contribution is 2.28. The van der Waals surface area contributed by atoms with Crippen LogP contribution in [0, 0.1) is 0 Å². The lowest BCUT2D eigenvalue weighted by Crippen LogP contribution is -2.25. The SMILES string of the molecule is CCCS(=O)(=O)O/N=C(\c1ccc(OCCOc2ccc(/C(=N\OC)C(F)(F)F)cc2)cc1)C(F)(F)F.CO/N=C(\c1ccc(OCCOc2ccc(/C(=N\OS(C)(=O)=O)C(F)(F)F)cc2)cc1)C(F)(F)F. The van der Waals surface area contributed by atoms with Gasteiger partial charge in [-0.15, -0.1) is 0 Å². The first kappa shape index (κ1) is 59.3. The molecular formula is C42H40F12N4O12S2. The molecule has 4 aromatic rings. The van der Waals surface area contributed by atoms with E-state index in [4.69, 9.17) is 18.9 Å². The van der Waals surface area contributed by atoms with Crippen molar-refractivity contribution in [3.05, 3.63) is 119 Å². The molecule has 72 heavy (non-hydrogen) atoms. The zero-order chi connectivity index (χ0) is 54.0. The Morgan fingerprint density at radius 2 is 0.653 bits per heavy atom. The van der Waals surface area contributed by atoms with Crippen molar-refractivity contribution in [3.63, 3.8) is 0 Å². The average Bonchev–Trinajstić information content (AvgIpc) is 3.27. The topological polar surface area (TPSA) is 192 Å². The predicted molar refractivity (Wildman–Crippen MR) is 233 cm³/mol. The molecule has 30 heteroatoms. The van der Waals surface area contributed by atoms with Crippen molar-refractivity contribution in [2.24, 2.45) is 20.6 Å². The molecule has 0 bridgehead atoms. The monoisotopic (exact) mass is 1080 g/mol. The van der Waals surface area contributed by atoms with Gasteiger partial charge in [-0.3, -0.25) is 8.57 Å². The van der Waals surface area contributed by atoms with Gasteiger partial charge in [-0.05, 0) is 103 Å². The third-order valence-corrected chi connectivity index (χ3v) is 9.71. The predicted octanol–water partition coefficient (Wildman–Crippen LogP) is 9.38. The number of ether oxygens (including phenoxy) is 4. The van der Waals surface area contributed by atoms with E-state index < -0.39 is 84.7 Å². The molecule has 0 fully saturated rings. The fourth-order valence-electron chi connectivity index (χ4n) is 5.22. The number of halogens is 12. The van der Waals surface area contributed by atoms with Crippen LogP contribution in [0.1, 0.15) is 35.6 Å². The van der Waals surface area contributed by atoms with Gasteiger partial charge in [-0.2, -0.15) is 69.5 Å². The van der Waals surface area contributed by atoms with Crippen molar-refractivity contribution in [1.29, 1.82) is 0 Å². The molecule has 0 saturated carbocycles. The second kappa shape index (κ2) is 25.9. The maximum Gasteiger partial charge on any atom is 0.437 e. The molecule has 0 heterocycles. The van der Waals surface area contributed by atoms with E-state index in [1.54, 1.807) is 0 Å². The molecule has 0 aliphatic heterocycles. The molecule has 0 aliphatic rings. The van der Waals surface area contributed by atoms with Crippen LogP contribution < -0.4 is 18.9 Å². The van der Waals surface area contributed by atoms with E-state index in [9.17, 15) is 69.5 Å². The highest BCUT2D eigenvalue weighted by atomic mass is 32.2. The van der Waals surface area contributed by atoms with Crippen molar-refractivity contribution < 1.29 is 107 Å². The Morgan fingerprint density at radius 1 is 0.417 bits per heavy atom. The summed E-state index contributed by atoms with van der Waals surface area (Å²) < 4.78 is 232. The lowest BCUT2D eigenvalue weighted by Gasteiger charge is -2.12. The molecule has 0 N–H and O–H groups in total. The van der Waals surface area contributed by atoms with Gasteiger partial charge in [0.25, 0.3) is 0 Å². The van der Waals surface area contributed by atoms with Gasteiger partial charge in [0.05, 0.1) is 12.0 Å². The Labute approximate surface area is 402 Å². The van der Waals surface area contributed by atoms with E-state index in [0.29, 0.717) is 6.26 Å². The lowest BCUT2D eigenvalue weighted by molar-refractivity contribution is -0.0616. The number of oxime groups is 4. The van der Waals surface area contributed by atoms with Gasteiger partial charge >= 0.3 is 44.9 Å². The van der Waals surface area contributed by atoms with Crippen molar-refractivity contribution >= 4 is 43.1 Å². The first-order valence-electron chi connectivity index (χ1n) is 19.9. The summed E-state index contributed by atoms with van der Waals surface area (Å²) in [6.45, 7) is 1.37. The van der Waals surface area contributed by atoms with E-state index in [2.05, 4.69) is 38.9 Å². The smallest absolute Gasteiger partial charge is 0.437 e. The summed E-state index contributed by atoms with van der Waals surface area (Å²) in [6.07, 6.45) is -18.7. The maximum absolute atomic E-state index is 13.3. The molecule has 0 amide bonds. The summed E-state index contributed by atoms with van der Waals surface area (Å²) in [7, 11) is -6.49. The summed E-state index contributed by atoms with van der Waals surface area (Å²) in [5, 5.41) is 11.5. The minimum atomic E-state index is -4.98. The van der Waals surface area contributed by atoms with Crippen molar-refractivity contribution in [2.45, 2.75) is 38.0 Å². The van der Waals surface area contributed by atoms with Crippen LogP contribution in [0.4, 0.5) is 52.7 Å². The summed E-state index contributed by atoms with van der Waals surface area (Å²) >= 11 is 0. The number of alkyl halides is 12. The summed E-state index contributed by atoms with van der Waals surface area (Å²) in [5.41, 5.74) is -6.86. The van der Waals surface area contributed by atoms with Crippen LogP contribution in [0.15, 0.2) is 118 Å². The summed E-state index contributed by atoms with van der Waals surface area (Å²) in [4.78, 5) is 8.46. The third-order valence-electron chi connectivity index (χ3n) is 8.15. The fraction of sp³-hybridized carbons (Fsp3) is 0.333. The Balaban J connectivity index is 0.000000381. The van der Waals surface area contributed by atoms with Gasteiger partial charge in [0, 0.05) is 22.3 Å². The Morgan fingerprint density at radius 3 is 0.861 bits per heavy atom. The number of hydrogen-bond donors (Lipinski definition) is 0. The quantitative estimate of drug-likeness (QED) is 0.0314. The van der Waals surface area contributed by atoms with E-state index in [1.807, 2.05) is 0 Å². The van der Waals surface area contributed by atoms with Crippen LogP contribution in [-0.2, 0) is 38.5 Å². The molecule has 0 saturated heterocycles. The largest absolute Gasteiger partial charge is 0.490 e. The van der Waals surface area contributed by atoms with Crippen LogP contribution in [0.25, 0.3) is 0 Å². The average molecular weight is 1080 g/mol. The Hall–Kier alpha value is -6.98. The normalized spacial score (nSPS) is 13.3. The minimum absolute atomic E-state index is 0.0300. The standard InChI is InChI=1S/C22H22F6N2O6S.C20H18F6N2O6S/c1-3-14-37(31,32)36-30-20(22(26,27)28)16-6-10-18(11-7-16)35-13-12-34-17-8-4-15(5-9-17)19(29-33-2)21(23,24)25;1-31-27-17(19(21,22)23)13-3-7-15(8-4-13)32-11-12-33-16-9-5-14(6-10-16)18(20(24,25)26)28-34-35(2,29)30/h4-11H,3,12-14H2,1-2H3;3-10H,11-12H2,1-2H3/b29-19+,30-20+;27-17+,28-18+. The number of hydrogen-bond acceptors (Lipinski definition) is 16.